The molecule has 4 aromatic carbocycles. The SMILES string of the molecule is C(=Nc1cccc(-c2ccccc2)c1)c1ccc(C=Nc2cccc(-c3ccccc3)c2)o1.[Cl][Fe][Cl]. The number of hydrogen-bond donors (Lipinski definition) is 0. The monoisotopic (exact) mass is 552 g/mol. The third-order valence-corrected chi connectivity index (χ3v) is 5.24. The minimum absolute atomic E-state index is 0.194. The molecule has 36 heavy (non-hydrogen) atoms. The van der Waals surface area contributed by atoms with Gasteiger partial charge in [0, 0.05) is 0 Å². The molecule has 0 atom stereocenters. The molecular weight excluding hydrogens is 531 g/mol. The Kier molecular flexibility index (Phi) is 9.72. The molecule has 5 rings (SSSR count). The van der Waals surface area contributed by atoms with E-state index in [0.29, 0.717) is 11.5 Å². The van der Waals surface area contributed by atoms with E-state index in [1.807, 2.05) is 72.8 Å². The van der Waals surface area contributed by atoms with E-state index in [4.69, 9.17) is 24.6 Å². The second kappa shape index (κ2) is 13.6. The van der Waals surface area contributed by atoms with E-state index in [1.165, 1.54) is 11.1 Å². The van der Waals surface area contributed by atoms with Crippen LogP contribution in [0.1, 0.15) is 11.5 Å². The van der Waals surface area contributed by atoms with Gasteiger partial charge >= 0.3 is 33.3 Å². The van der Waals surface area contributed by atoms with Crippen molar-refractivity contribution in [3.05, 3.63) is 133 Å². The summed E-state index contributed by atoms with van der Waals surface area (Å²) in [5, 5.41) is 0. The van der Waals surface area contributed by atoms with Crippen molar-refractivity contribution in [2.24, 2.45) is 9.98 Å². The second-order valence-corrected chi connectivity index (χ2v) is 9.46. The molecule has 5 aromatic rings. The molecule has 0 fully saturated rings. The van der Waals surface area contributed by atoms with Crippen molar-refractivity contribution in [3.8, 4) is 22.3 Å². The van der Waals surface area contributed by atoms with Gasteiger partial charge in [-0.3, -0.25) is 9.98 Å². The van der Waals surface area contributed by atoms with Gasteiger partial charge in [0.1, 0.15) is 11.5 Å². The molecule has 6 heteroatoms. The maximum atomic E-state index is 5.86. The number of hydrogen-bond acceptors (Lipinski definition) is 3. The molecule has 0 aliphatic carbocycles. The Bertz CT molecular complexity index is 1330. The van der Waals surface area contributed by atoms with Gasteiger partial charge in [0.2, 0.25) is 0 Å². The predicted octanol–water partition coefficient (Wildman–Crippen LogP) is 9.49. The Morgan fingerprint density at radius 3 is 1.31 bits per heavy atom. The number of halogens is 2. The summed E-state index contributed by atoms with van der Waals surface area (Å²) in [6, 6.07) is 40.6. The Balaban J connectivity index is 0.000000967. The fourth-order valence-corrected chi connectivity index (χ4v) is 3.58. The first-order chi connectivity index (χ1) is 17.7. The summed E-state index contributed by atoms with van der Waals surface area (Å²) < 4.78 is 5.86. The van der Waals surface area contributed by atoms with Gasteiger partial charge in [0.05, 0.1) is 23.8 Å². The van der Waals surface area contributed by atoms with Gasteiger partial charge < -0.3 is 4.42 Å². The quantitative estimate of drug-likeness (QED) is 0.153. The van der Waals surface area contributed by atoms with Crippen molar-refractivity contribution in [1.82, 2.24) is 0 Å². The van der Waals surface area contributed by atoms with E-state index < -0.39 is 0 Å². The van der Waals surface area contributed by atoms with Gasteiger partial charge in [-0.2, -0.15) is 0 Å². The van der Waals surface area contributed by atoms with Gasteiger partial charge in [-0.25, -0.2) is 0 Å². The third kappa shape index (κ3) is 7.55. The molecule has 0 amide bonds. The van der Waals surface area contributed by atoms with Crippen molar-refractivity contribution >= 4 is 44.0 Å². The average Bonchev–Trinajstić information content (AvgIpc) is 3.40. The van der Waals surface area contributed by atoms with Crippen LogP contribution in [0, 0.1) is 0 Å². The second-order valence-electron chi connectivity index (χ2n) is 7.64. The molecular formula is C30H22Cl2FeN2O. The Morgan fingerprint density at radius 2 is 0.889 bits per heavy atom. The molecule has 3 nitrogen and oxygen atoms in total. The molecule has 180 valence electrons. The molecule has 0 radical (unpaired) electrons. The van der Waals surface area contributed by atoms with Crippen LogP contribution in [0.25, 0.3) is 22.3 Å². The number of benzene rings is 4. The number of furan rings is 1. The summed E-state index contributed by atoms with van der Waals surface area (Å²) in [6.07, 6.45) is 3.47. The van der Waals surface area contributed by atoms with E-state index in [2.05, 4.69) is 58.5 Å². The Morgan fingerprint density at radius 1 is 0.500 bits per heavy atom. The molecule has 0 bridgehead atoms. The van der Waals surface area contributed by atoms with E-state index in [-0.39, 0.29) is 13.1 Å². The molecule has 0 unspecified atom stereocenters. The zero-order valence-corrected chi connectivity index (χ0v) is 21.7. The van der Waals surface area contributed by atoms with Gasteiger partial charge in [-0.1, -0.05) is 84.9 Å². The van der Waals surface area contributed by atoms with Gasteiger partial charge in [-0.15, -0.1) is 0 Å². The van der Waals surface area contributed by atoms with Crippen LogP contribution in [0.4, 0.5) is 11.4 Å². The van der Waals surface area contributed by atoms with Gasteiger partial charge in [0.15, 0.2) is 0 Å². The van der Waals surface area contributed by atoms with Crippen molar-refractivity contribution in [2.75, 3.05) is 0 Å². The van der Waals surface area contributed by atoms with Crippen LogP contribution in [0.2, 0.25) is 0 Å². The summed E-state index contributed by atoms with van der Waals surface area (Å²) in [5.74, 6) is 1.36. The van der Waals surface area contributed by atoms with Gasteiger partial charge in [0.25, 0.3) is 0 Å². The van der Waals surface area contributed by atoms with Crippen LogP contribution in [-0.2, 0) is 13.1 Å². The fraction of sp³-hybridized carbons (Fsp3) is 0. The maximum absolute atomic E-state index is 5.86. The first kappa shape index (κ1) is 25.7. The van der Waals surface area contributed by atoms with Crippen LogP contribution in [-0.4, -0.2) is 12.4 Å². The molecule has 0 aliphatic heterocycles. The first-order valence-electron chi connectivity index (χ1n) is 11.1. The van der Waals surface area contributed by atoms with Crippen molar-refractivity contribution in [1.29, 1.82) is 0 Å². The predicted molar refractivity (Wildman–Crippen MR) is 149 cm³/mol. The summed E-state index contributed by atoms with van der Waals surface area (Å²) in [5.41, 5.74) is 6.36. The van der Waals surface area contributed by atoms with Crippen LogP contribution in [0.15, 0.2) is 136 Å². The fourth-order valence-electron chi connectivity index (χ4n) is 3.58. The van der Waals surface area contributed by atoms with Gasteiger partial charge in [-0.05, 0) is 58.7 Å². The van der Waals surface area contributed by atoms with Crippen LogP contribution in [0.5, 0.6) is 0 Å². The Labute approximate surface area is 225 Å². The summed E-state index contributed by atoms with van der Waals surface area (Å²) in [4.78, 5) is 9.15. The zero-order valence-electron chi connectivity index (χ0n) is 19.1. The molecule has 0 aliphatic rings. The summed E-state index contributed by atoms with van der Waals surface area (Å²) in [7, 11) is 9.53. The van der Waals surface area contributed by atoms with E-state index >= 15 is 0 Å². The normalized spacial score (nSPS) is 11.1. The van der Waals surface area contributed by atoms with E-state index in [0.717, 1.165) is 22.5 Å². The number of rotatable bonds is 6. The molecule has 1 aromatic heterocycles. The van der Waals surface area contributed by atoms with Crippen molar-refractivity contribution in [3.63, 3.8) is 0 Å². The molecule has 0 saturated carbocycles. The summed E-state index contributed by atoms with van der Waals surface area (Å²) >= 11 is 0.194. The van der Waals surface area contributed by atoms with Crippen molar-refractivity contribution in [2.45, 2.75) is 0 Å². The zero-order chi connectivity index (χ0) is 25.0. The number of nitrogens with zero attached hydrogens (tertiary/aromatic N) is 2. The van der Waals surface area contributed by atoms with E-state index in [9.17, 15) is 0 Å². The molecule has 0 N–H and O–H groups in total. The molecule has 0 saturated heterocycles. The van der Waals surface area contributed by atoms with Crippen LogP contribution < -0.4 is 0 Å². The summed E-state index contributed by atoms with van der Waals surface area (Å²) in [6.45, 7) is 0. The van der Waals surface area contributed by atoms with Crippen LogP contribution >= 0.6 is 20.2 Å². The Hall–Kier alpha value is -3.40. The standard InChI is InChI=1S/C30H22N2O.2ClH.Fe/c1-3-9-23(10-4-1)25-13-7-15-27(19-25)31-21-29-17-18-30(33-29)22-32-28-16-8-14-26(20-28)24-11-5-2-6-12-24;;;/h1-22H;2*1H;/q;;;+2/p-2. The third-order valence-electron chi connectivity index (χ3n) is 5.24. The van der Waals surface area contributed by atoms with Crippen LogP contribution in [0.3, 0.4) is 0 Å². The number of aliphatic imine (C=N–C) groups is 2. The van der Waals surface area contributed by atoms with Crippen molar-refractivity contribution < 1.29 is 17.6 Å². The molecule has 0 spiro atoms. The minimum atomic E-state index is 0.194. The average molecular weight is 553 g/mol. The molecule has 1 heterocycles. The first-order valence-corrected chi connectivity index (χ1v) is 14.1. The topological polar surface area (TPSA) is 37.9 Å². The van der Waals surface area contributed by atoms with E-state index in [1.54, 1.807) is 12.4 Å².